The third kappa shape index (κ3) is 2.14. The van der Waals surface area contributed by atoms with Crippen molar-refractivity contribution in [2.45, 2.75) is 45.6 Å². The summed E-state index contributed by atoms with van der Waals surface area (Å²) in [6.07, 6.45) is 4.60. The van der Waals surface area contributed by atoms with Gasteiger partial charge in [0.2, 0.25) is 5.95 Å². The molecule has 0 unspecified atom stereocenters. The van der Waals surface area contributed by atoms with E-state index in [9.17, 15) is 0 Å². The number of thiazole rings is 1. The molecule has 0 N–H and O–H groups in total. The second-order valence-electron chi connectivity index (χ2n) is 6.90. The van der Waals surface area contributed by atoms with Crippen molar-refractivity contribution in [3.05, 3.63) is 34.5 Å². The number of rotatable bonds is 2. The number of hydrogen-bond donors (Lipinski definition) is 0. The molecule has 1 aliphatic heterocycles. The Morgan fingerprint density at radius 2 is 2.08 bits per heavy atom. The quantitative estimate of drug-likeness (QED) is 0.705. The van der Waals surface area contributed by atoms with Crippen LogP contribution in [-0.2, 0) is 12.8 Å². The monoisotopic (exact) mass is 336 g/mol. The Bertz CT molecular complexity index is 946. The molecule has 2 aromatic heterocycles. The summed E-state index contributed by atoms with van der Waals surface area (Å²) in [5.41, 5.74) is 5.99. The average molecular weight is 336 g/mol. The van der Waals surface area contributed by atoms with E-state index in [4.69, 9.17) is 9.97 Å². The van der Waals surface area contributed by atoms with E-state index in [0.29, 0.717) is 6.04 Å². The number of aromatic nitrogens is 3. The van der Waals surface area contributed by atoms with Gasteiger partial charge in [0.05, 0.1) is 20.9 Å². The maximum atomic E-state index is 4.99. The van der Waals surface area contributed by atoms with Crippen LogP contribution in [0.25, 0.3) is 21.5 Å². The molecule has 1 saturated heterocycles. The third-order valence-electron chi connectivity index (χ3n) is 5.27. The standard InChI is InChI=1S/C19H20N4S/c1-11-8-9-23(11)19-21-15-5-3-4-14(15)18(22-19)13-6-7-17-16(10-13)20-12(2)24-17/h6-7,10-11H,3-5,8-9H2,1-2H3/t11-/m0/s1. The topological polar surface area (TPSA) is 41.9 Å². The van der Waals surface area contributed by atoms with Crippen LogP contribution in [0.2, 0.25) is 0 Å². The highest BCUT2D eigenvalue weighted by atomic mass is 32.1. The van der Waals surface area contributed by atoms with Crippen molar-refractivity contribution in [3.8, 4) is 11.3 Å². The van der Waals surface area contributed by atoms with Gasteiger partial charge in [-0.05, 0) is 51.7 Å². The molecule has 24 heavy (non-hydrogen) atoms. The second kappa shape index (κ2) is 5.24. The lowest BCUT2D eigenvalue weighted by Crippen LogP contribution is -2.46. The number of benzene rings is 1. The SMILES string of the molecule is Cc1nc2cc(-c3nc(N4CC[C@@H]4C)nc4c3CCC4)ccc2s1. The summed E-state index contributed by atoms with van der Waals surface area (Å²) >= 11 is 1.75. The van der Waals surface area contributed by atoms with Crippen molar-refractivity contribution in [2.75, 3.05) is 11.4 Å². The molecule has 3 aromatic rings. The molecular formula is C19H20N4S. The molecular weight excluding hydrogens is 316 g/mol. The minimum atomic E-state index is 0.556. The Hall–Kier alpha value is -2.01. The average Bonchev–Trinajstić information content (AvgIpc) is 3.16. The Morgan fingerprint density at radius 3 is 2.88 bits per heavy atom. The maximum absolute atomic E-state index is 4.99. The van der Waals surface area contributed by atoms with Crippen LogP contribution in [0.15, 0.2) is 18.2 Å². The fourth-order valence-electron chi connectivity index (χ4n) is 3.79. The predicted octanol–water partition coefficient (Wildman–Crippen LogP) is 4.15. The molecule has 0 bridgehead atoms. The maximum Gasteiger partial charge on any atom is 0.226 e. The van der Waals surface area contributed by atoms with Crippen LogP contribution in [0.1, 0.15) is 36.0 Å². The van der Waals surface area contributed by atoms with Crippen molar-refractivity contribution in [1.82, 2.24) is 15.0 Å². The number of fused-ring (bicyclic) bond motifs is 2. The summed E-state index contributed by atoms with van der Waals surface area (Å²) in [5, 5.41) is 1.12. The first kappa shape index (κ1) is 14.3. The van der Waals surface area contributed by atoms with E-state index < -0.39 is 0 Å². The molecule has 0 spiro atoms. The first-order valence-electron chi connectivity index (χ1n) is 8.73. The smallest absolute Gasteiger partial charge is 0.226 e. The molecule has 1 fully saturated rings. The molecule has 5 heteroatoms. The van der Waals surface area contributed by atoms with Gasteiger partial charge in [-0.15, -0.1) is 11.3 Å². The van der Waals surface area contributed by atoms with Crippen LogP contribution in [0.5, 0.6) is 0 Å². The van der Waals surface area contributed by atoms with E-state index >= 15 is 0 Å². The van der Waals surface area contributed by atoms with Crippen molar-refractivity contribution < 1.29 is 0 Å². The molecule has 122 valence electrons. The van der Waals surface area contributed by atoms with Crippen LogP contribution in [0.3, 0.4) is 0 Å². The van der Waals surface area contributed by atoms with E-state index in [0.717, 1.165) is 41.6 Å². The molecule has 5 rings (SSSR count). The van der Waals surface area contributed by atoms with Gasteiger partial charge in [0.25, 0.3) is 0 Å². The molecule has 1 atom stereocenters. The molecule has 1 aromatic carbocycles. The van der Waals surface area contributed by atoms with Gasteiger partial charge in [-0.25, -0.2) is 15.0 Å². The zero-order valence-electron chi connectivity index (χ0n) is 14.0. The van der Waals surface area contributed by atoms with E-state index in [1.807, 2.05) is 0 Å². The molecule has 0 radical (unpaired) electrons. The number of nitrogens with zero attached hydrogens (tertiary/aromatic N) is 4. The molecule has 4 nitrogen and oxygen atoms in total. The van der Waals surface area contributed by atoms with E-state index in [1.54, 1.807) is 11.3 Å². The van der Waals surface area contributed by atoms with Crippen LogP contribution in [-0.4, -0.2) is 27.5 Å². The van der Waals surface area contributed by atoms with Gasteiger partial charge in [-0.2, -0.15) is 0 Å². The van der Waals surface area contributed by atoms with Crippen molar-refractivity contribution >= 4 is 27.5 Å². The highest BCUT2D eigenvalue weighted by molar-refractivity contribution is 7.18. The number of aryl methyl sites for hydroxylation is 2. The molecule has 0 saturated carbocycles. The van der Waals surface area contributed by atoms with Crippen molar-refractivity contribution in [3.63, 3.8) is 0 Å². The number of anilines is 1. The van der Waals surface area contributed by atoms with Gasteiger partial charge in [0.15, 0.2) is 0 Å². The zero-order valence-corrected chi connectivity index (χ0v) is 14.9. The van der Waals surface area contributed by atoms with Crippen LogP contribution < -0.4 is 4.90 Å². The highest BCUT2D eigenvalue weighted by Gasteiger charge is 2.29. The minimum absolute atomic E-state index is 0.556. The fourth-order valence-corrected chi connectivity index (χ4v) is 4.60. The lowest BCUT2D eigenvalue weighted by atomic mass is 10.0. The number of hydrogen-bond acceptors (Lipinski definition) is 5. The van der Waals surface area contributed by atoms with E-state index in [2.05, 4.69) is 41.9 Å². The van der Waals surface area contributed by atoms with Gasteiger partial charge < -0.3 is 4.90 Å². The summed E-state index contributed by atoms with van der Waals surface area (Å²) < 4.78 is 1.25. The largest absolute Gasteiger partial charge is 0.338 e. The van der Waals surface area contributed by atoms with Gasteiger partial charge in [-0.1, -0.05) is 6.07 Å². The first-order valence-corrected chi connectivity index (χ1v) is 9.55. The molecule has 3 heterocycles. The Morgan fingerprint density at radius 1 is 1.17 bits per heavy atom. The summed E-state index contributed by atoms with van der Waals surface area (Å²) in [4.78, 5) is 16.9. The summed E-state index contributed by atoms with van der Waals surface area (Å²) in [7, 11) is 0. The Balaban J connectivity index is 1.67. The Kier molecular flexibility index (Phi) is 3.13. The van der Waals surface area contributed by atoms with E-state index in [-0.39, 0.29) is 0 Å². The van der Waals surface area contributed by atoms with Crippen LogP contribution >= 0.6 is 11.3 Å². The Labute approximate surface area is 145 Å². The van der Waals surface area contributed by atoms with Crippen LogP contribution in [0, 0.1) is 6.92 Å². The second-order valence-corrected chi connectivity index (χ2v) is 8.13. The van der Waals surface area contributed by atoms with Gasteiger partial charge >= 0.3 is 0 Å². The predicted molar refractivity (Wildman–Crippen MR) is 98.8 cm³/mol. The molecule has 1 aliphatic carbocycles. The van der Waals surface area contributed by atoms with Gasteiger partial charge in [-0.3, -0.25) is 0 Å². The zero-order chi connectivity index (χ0) is 16.3. The van der Waals surface area contributed by atoms with Gasteiger partial charge in [0.1, 0.15) is 0 Å². The van der Waals surface area contributed by atoms with Crippen LogP contribution in [0.4, 0.5) is 5.95 Å². The van der Waals surface area contributed by atoms with Gasteiger partial charge in [0, 0.05) is 29.4 Å². The van der Waals surface area contributed by atoms with E-state index in [1.165, 1.54) is 34.4 Å². The lowest BCUT2D eigenvalue weighted by Gasteiger charge is -2.39. The summed E-state index contributed by atoms with van der Waals surface area (Å²) in [6.45, 7) is 5.39. The lowest BCUT2D eigenvalue weighted by molar-refractivity contribution is 0.470. The first-order chi connectivity index (χ1) is 11.7. The normalized spacial score (nSPS) is 19.6. The minimum Gasteiger partial charge on any atom is -0.338 e. The van der Waals surface area contributed by atoms with Crippen molar-refractivity contribution in [1.29, 1.82) is 0 Å². The highest BCUT2D eigenvalue weighted by Crippen LogP contribution is 2.35. The summed E-state index contributed by atoms with van der Waals surface area (Å²) in [6, 6.07) is 7.14. The molecule has 2 aliphatic rings. The summed E-state index contributed by atoms with van der Waals surface area (Å²) in [5.74, 6) is 0.916. The molecule has 0 amide bonds. The fraction of sp³-hybridized carbons (Fsp3) is 0.421. The van der Waals surface area contributed by atoms with Crippen molar-refractivity contribution in [2.24, 2.45) is 0 Å². The third-order valence-corrected chi connectivity index (χ3v) is 6.22.